The molecule has 0 bridgehead atoms. The van der Waals surface area contributed by atoms with Crippen molar-refractivity contribution in [3.05, 3.63) is 88.6 Å². The van der Waals surface area contributed by atoms with Crippen molar-refractivity contribution in [3.63, 3.8) is 0 Å². The first kappa shape index (κ1) is 31.0. The number of hydrogen-bond acceptors (Lipinski definition) is 8. The number of nitriles is 1. The molecule has 3 fully saturated rings. The van der Waals surface area contributed by atoms with Crippen LogP contribution in [-0.2, 0) is 35.8 Å². The topological polar surface area (TPSA) is 110 Å². The van der Waals surface area contributed by atoms with Crippen molar-refractivity contribution < 1.29 is 23.5 Å². The van der Waals surface area contributed by atoms with E-state index < -0.39 is 5.82 Å². The first-order valence-electron chi connectivity index (χ1n) is 16.5. The molecule has 2 saturated carbocycles. The molecular weight excluding hydrogens is 597 g/mol. The second-order valence-corrected chi connectivity index (χ2v) is 13.4. The molecule has 1 aliphatic heterocycles. The van der Waals surface area contributed by atoms with E-state index in [1.165, 1.54) is 6.07 Å². The van der Waals surface area contributed by atoms with Crippen LogP contribution in [0, 0.1) is 28.5 Å². The van der Waals surface area contributed by atoms with Crippen molar-refractivity contribution >= 4 is 23.3 Å². The van der Waals surface area contributed by atoms with E-state index in [0.717, 1.165) is 86.3 Å². The molecule has 47 heavy (non-hydrogen) atoms. The van der Waals surface area contributed by atoms with E-state index in [0.29, 0.717) is 36.4 Å². The Labute approximate surface area is 273 Å². The number of carbonyl (C=O) groups excluding carboxylic acids is 2. The minimum atomic E-state index is -0.432. The second-order valence-electron chi connectivity index (χ2n) is 13.4. The number of carbonyl (C=O) groups is 2. The first-order valence-corrected chi connectivity index (χ1v) is 16.5. The molecule has 0 N–H and O–H groups in total. The van der Waals surface area contributed by atoms with Gasteiger partial charge < -0.3 is 14.0 Å². The Bertz CT molecular complexity index is 1830. The summed E-state index contributed by atoms with van der Waals surface area (Å²) in [6.45, 7) is 3.96. The fraction of sp³-hybridized carbons (Fsp3) is 0.432. The molecule has 2 aliphatic carbocycles. The molecule has 3 aliphatic rings. The van der Waals surface area contributed by atoms with Gasteiger partial charge in [0.2, 0.25) is 5.88 Å². The maximum absolute atomic E-state index is 14.7. The number of fused-ring (bicyclic) bond motifs is 1. The largest absolute Gasteiger partial charge is 0.473 e. The van der Waals surface area contributed by atoms with Crippen LogP contribution in [0.1, 0.15) is 83.9 Å². The van der Waals surface area contributed by atoms with E-state index in [-0.39, 0.29) is 36.2 Å². The van der Waals surface area contributed by atoms with Crippen LogP contribution >= 0.6 is 0 Å². The Kier molecular flexibility index (Phi) is 8.74. The molecule has 0 amide bonds. The predicted molar refractivity (Wildman–Crippen MR) is 172 cm³/mol. The minimum absolute atomic E-state index is 0.0203. The molecule has 242 valence electrons. The van der Waals surface area contributed by atoms with Gasteiger partial charge in [0.05, 0.1) is 23.6 Å². The van der Waals surface area contributed by atoms with Crippen molar-refractivity contribution in [2.24, 2.45) is 11.3 Å². The number of nitrogens with zero attached hydrogens (tertiary/aromatic N) is 5. The third-order valence-electron chi connectivity index (χ3n) is 9.89. The number of aromatic nitrogens is 3. The summed E-state index contributed by atoms with van der Waals surface area (Å²) in [5.41, 5.74) is 4.62. The summed E-state index contributed by atoms with van der Waals surface area (Å²) in [4.78, 5) is 35.2. The summed E-state index contributed by atoms with van der Waals surface area (Å²) in [5.74, 6) is 1.37. The van der Waals surface area contributed by atoms with Gasteiger partial charge in [-0.25, -0.2) is 14.4 Å². The minimum Gasteiger partial charge on any atom is -0.473 e. The second kappa shape index (κ2) is 13.2. The SMILES string of the molecule is N#CCC1(Cn2c(CN3CCC(c4cccc(OCc5ccc(C(=O)C6CC6)cc5F)n4)CC3)nc3cc(COC=O)ccc32)CC1. The number of ketones is 1. The van der Waals surface area contributed by atoms with Crippen molar-refractivity contribution in [2.75, 3.05) is 13.1 Å². The third kappa shape index (κ3) is 7.05. The molecule has 10 heteroatoms. The molecule has 3 heterocycles. The lowest BCUT2D eigenvalue weighted by atomic mass is 9.93. The van der Waals surface area contributed by atoms with E-state index in [1.807, 2.05) is 30.3 Å². The van der Waals surface area contributed by atoms with E-state index in [4.69, 9.17) is 19.4 Å². The van der Waals surface area contributed by atoms with Gasteiger partial charge in [-0.05, 0) is 81.4 Å². The Hall–Kier alpha value is -4.62. The van der Waals surface area contributed by atoms with Crippen molar-refractivity contribution in [3.8, 4) is 11.9 Å². The van der Waals surface area contributed by atoms with Crippen LogP contribution in [0.4, 0.5) is 4.39 Å². The van der Waals surface area contributed by atoms with Crippen molar-refractivity contribution in [1.29, 1.82) is 5.26 Å². The molecule has 1 saturated heterocycles. The van der Waals surface area contributed by atoms with Gasteiger partial charge in [-0.2, -0.15) is 5.26 Å². The van der Waals surface area contributed by atoms with E-state index in [9.17, 15) is 19.2 Å². The Balaban J connectivity index is 0.989. The number of ether oxygens (including phenoxy) is 2. The number of hydrogen-bond donors (Lipinski definition) is 0. The summed E-state index contributed by atoms with van der Waals surface area (Å²) >= 11 is 0. The van der Waals surface area contributed by atoms with E-state index >= 15 is 0 Å². The number of piperidine rings is 1. The first-order chi connectivity index (χ1) is 22.9. The zero-order chi connectivity index (χ0) is 32.4. The summed E-state index contributed by atoms with van der Waals surface area (Å²) in [6.07, 6.45) is 6.30. The number of benzene rings is 2. The highest BCUT2D eigenvalue weighted by Gasteiger charge is 2.43. The zero-order valence-electron chi connectivity index (χ0n) is 26.4. The fourth-order valence-electron chi connectivity index (χ4n) is 6.69. The lowest BCUT2D eigenvalue weighted by Crippen LogP contribution is -2.34. The number of pyridine rings is 1. The predicted octanol–water partition coefficient (Wildman–Crippen LogP) is 6.49. The monoisotopic (exact) mass is 635 g/mol. The van der Waals surface area contributed by atoms with Gasteiger partial charge in [-0.3, -0.25) is 14.5 Å². The fourth-order valence-corrected chi connectivity index (χ4v) is 6.69. The Morgan fingerprint density at radius 1 is 1.04 bits per heavy atom. The van der Waals surface area contributed by atoms with Crippen LogP contribution in [0.5, 0.6) is 5.88 Å². The molecule has 0 unspecified atom stereocenters. The van der Waals surface area contributed by atoms with Crippen molar-refractivity contribution in [1.82, 2.24) is 19.4 Å². The van der Waals surface area contributed by atoms with Crippen molar-refractivity contribution in [2.45, 2.75) is 77.2 Å². The molecular formula is C37H38FN5O4. The molecule has 0 spiro atoms. The molecule has 4 aromatic rings. The lowest BCUT2D eigenvalue weighted by molar-refractivity contribution is -0.129. The number of rotatable bonds is 14. The van der Waals surface area contributed by atoms with Crippen LogP contribution < -0.4 is 4.74 Å². The van der Waals surface area contributed by atoms with E-state index in [2.05, 4.69) is 15.5 Å². The normalized spacial score (nSPS) is 17.7. The maximum Gasteiger partial charge on any atom is 0.293 e. The summed E-state index contributed by atoms with van der Waals surface area (Å²) in [6, 6.07) is 18.8. The highest BCUT2D eigenvalue weighted by molar-refractivity contribution is 5.99. The van der Waals surface area contributed by atoms with Gasteiger partial charge in [-0.15, -0.1) is 0 Å². The average Bonchev–Trinajstić information content (AvgIpc) is 4.03. The van der Waals surface area contributed by atoms with Crippen LogP contribution in [0.25, 0.3) is 11.0 Å². The van der Waals surface area contributed by atoms with Gasteiger partial charge in [-0.1, -0.05) is 24.3 Å². The van der Waals surface area contributed by atoms with Gasteiger partial charge in [0.15, 0.2) is 5.78 Å². The number of imidazole rings is 1. The lowest BCUT2D eigenvalue weighted by Gasteiger charge is -2.31. The smallest absolute Gasteiger partial charge is 0.293 e. The number of halogens is 1. The molecule has 0 atom stereocenters. The number of likely N-dealkylation sites (tertiary alicyclic amines) is 1. The van der Waals surface area contributed by atoms with Gasteiger partial charge in [0.25, 0.3) is 6.47 Å². The third-order valence-corrected chi connectivity index (χ3v) is 9.89. The summed E-state index contributed by atoms with van der Waals surface area (Å²) in [7, 11) is 0. The number of Topliss-reactive ketones (excluding diaryl/α,β-unsaturated/α-hetero) is 1. The Morgan fingerprint density at radius 3 is 2.60 bits per heavy atom. The molecule has 2 aromatic heterocycles. The van der Waals surface area contributed by atoms with Crippen LogP contribution in [0.2, 0.25) is 0 Å². The Morgan fingerprint density at radius 2 is 1.87 bits per heavy atom. The average molecular weight is 636 g/mol. The van der Waals surface area contributed by atoms with Crippen LogP contribution in [0.3, 0.4) is 0 Å². The molecule has 0 radical (unpaired) electrons. The molecule has 7 rings (SSSR count). The summed E-state index contributed by atoms with van der Waals surface area (Å²) < 4.78 is 27.9. The maximum atomic E-state index is 14.7. The van der Waals surface area contributed by atoms with Gasteiger partial charge in [0.1, 0.15) is 24.9 Å². The molecule has 2 aromatic carbocycles. The quantitative estimate of drug-likeness (QED) is 0.114. The van der Waals surface area contributed by atoms with E-state index in [1.54, 1.807) is 18.2 Å². The van der Waals surface area contributed by atoms with Gasteiger partial charge in [0, 0.05) is 53.1 Å². The highest BCUT2D eigenvalue weighted by atomic mass is 19.1. The van der Waals surface area contributed by atoms with Crippen LogP contribution in [-0.4, -0.2) is 44.8 Å². The van der Waals surface area contributed by atoms with Crippen LogP contribution in [0.15, 0.2) is 54.6 Å². The zero-order valence-corrected chi connectivity index (χ0v) is 26.4. The standard InChI is InChI=1S/C37H38FN5O4/c38-30-19-28(36(45)27-5-6-27)7-8-29(30)22-47-35-3-1-2-31(41-35)26-10-16-42(17-11-26)20-34-40-32-18-25(21-46-24-44)4-9-33(32)43(34)23-37(12-13-37)14-15-39/h1-4,7-9,18-19,24,26-27H,5-6,10-14,16-17,20-23H2. The van der Waals surface area contributed by atoms with Gasteiger partial charge >= 0.3 is 0 Å². The molecule has 9 nitrogen and oxygen atoms in total. The highest BCUT2D eigenvalue weighted by Crippen LogP contribution is 2.50. The summed E-state index contributed by atoms with van der Waals surface area (Å²) in [5, 5.41) is 9.44.